The lowest BCUT2D eigenvalue weighted by Gasteiger charge is -2.03. The first-order chi connectivity index (χ1) is 4.70. The molecular weight excluding hydrogens is 130 g/mol. The van der Waals surface area contributed by atoms with Crippen molar-refractivity contribution in [2.75, 3.05) is 0 Å². The summed E-state index contributed by atoms with van der Waals surface area (Å²) in [4.78, 5) is 20.5. The molecule has 3 nitrogen and oxygen atoms in total. The van der Waals surface area contributed by atoms with Crippen LogP contribution in [0.15, 0.2) is 12.7 Å². The van der Waals surface area contributed by atoms with Crippen molar-refractivity contribution in [1.29, 1.82) is 0 Å². The molecule has 0 unspecified atom stereocenters. The van der Waals surface area contributed by atoms with Gasteiger partial charge in [-0.1, -0.05) is 6.08 Å². The summed E-state index contributed by atoms with van der Waals surface area (Å²) >= 11 is 0. The van der Waals surface area contributed by atoms with Gasteiger partial charge in [-0.05, 0) is 6.92 Å². The summed E-state index contributed by atoms with van der Waals surface area (Å²) in [6, 6.07) is -0.521. The molecule has 0 spiro atoms. The summed E-state index contributed by atoms with van der Waals surface area (Å²) in [6.07, 6.45) is 3.36. The fourth-order valence-electron chi connectivity index (χ4n) is 0.461. The Labute approximate surface area is 60.1 Å². The van der Waals surface area contributed by atoms with Crippen LogP contribution in [-0.2, 0) is 9.59 Å². The highest BCUT2D eigenvalue weighted by molar-refractivity contribution is 5.80. The minimum Gasteiger partial charge on any atom is -0.346 e. The van der Waals surface area contributed by atoms with Crippen LogP contribution in [-0.4, -0.2) is 18.2 Å². The Morgan fingerprint density at radius 1 is 1.90 bits per heavy atom. The van der Waals surface area contributed by atoms with Crippen molar-refractivity contribution in [3.63, 3.8) is 0 Å². The topological polar surface area (TPSA) is 46.2 Å². The summed E-state index contributed by atoms with van der Waals surface area (Å²) in [6.45, 7) is 4.94. The zero-order valence-corrected chi connectivity index (χ0v) is 5.89. The standard InChI is InChI=1S/C7H10NO2/c1-3-4-7(10)8-6(2)5-9/h3,6H,1,4H2,2H3,(H,8,10)/t6-/m0/s1. The van der Waals surface area contributed by atoms with E-state index in [1.165, 1.54) is 6.08 Å². The molecule has 0 aliphatic heterocycles. The molecule has 0 aromatic rings. The molecule has 0 heterocycles. The third kappa shape index (κ3) is 3.83. The van der Waals surface area contributed by atoms with E-state index in [2.05, 4.69) is 11.9 Å². The van der Waals surface area contributed by atoms with Crippen molar-refractivity contribution in [1.82, 2.24) is 5.32 Å². The van der Waals surface area contributed by atoms with Gasteiger partial charge in [-0.25, -0.2) is 0 Å². The molecule has 1 atom stereocenters. The fraction of sp³-hybridized carbons (Fsp3) is 0.429. The number of rotatable bonds is 4. The molecule has 0 rings (SSSR count). The van der Waals surface area contributed by atoms with Crippen LogP contribution in [0.25, 0.3) is 0 Å². The Balaban J connectivity index is 3.56. The van der Waals surface area contributed by atoms with Gasteiger partial charge in [0.2, 0.25) is 12.2 Å². The maximum absolute atomic E-state index is 10.7. The Bertz CT molecular complexity index is 143. The molecule has 0 saturated carbocycles. The van der Waals surface area contributed by atoms with Crippen molar-refractivity contribution in [3.05, 3.63) is 12.7 Å². The smallest absolute Gasteiger partial charge is 0.224 e. The molecule has 1 amide bonds. The van der Waals surface area contributed by atoms with Gasteiger partial charge in [0.15, 0.2) is 0 Å². The molecule has 10 heavy (non-hydrogen) atoms. The van der Waals surface area contributed by atoms with Gasteiger partial charge >= 0.3 is 0 Å². The number of carbonyl (C=O) groups is 1. The fourth-order valence-corrected chi connectivity index (χ4v) is 0.461. The molecular formula is C7H10NO2. The summed E-state index contributed by atoms with van der Waals surface area (Å²) in [5.41, 5.74) is 0. The highest BCUT2D eigenvalue weighted by Crippen LogP contribution is 1.81. The van der Waals surface area contributed by atoms with Crippen LogP contribution >= 0.6 is 0 Å². The third-order valence-electron chi connectivity index (χ3n) is 0.884. The molecule has 3 heteroatoms. The van der Waals surface area contributed by atoms with Crippen LogP contribution in [0.3, 0.4) is 0 Å². The van der Waals surface area contributed by atoms with Crippen molar-refractivity contribution >= 4 is 12.2 Å². The number of nitrogens with one attached hydrogen (secondary N) is 1. The second kappa shape index (κ2) is 4.73. The monoisotopic (exact) mass is 140 g/mol. The minimum atomic E-state index is -0.521. The summed E-state index contributed by atoms with van der Waals surface area (Å²) < 4.78 is 0. The SMILES string of the molecule is C=CCC(=O)N[C@@H](C)[C]=O. The van der Waals surface area contributed by atoms with E-state index in [1.54, 1.807) is 13.2 Å². The molecule has 0 saturated heterocycles. The van der Waals surface area contributed by atoms with Crippen LogP contribution in [0.4, 0.5) is 0 Å². The van der Waals surface area contributed by atoms with E-state index in [4.69, 9.17) is 0 Å². The maximum Gasteiger partial charge on any atom is 0.224 e. The van der Waals surface area contributed by atoms with Gasteiger partial charge in [-0.3, -0.25) is 9.59 Å². The maximum atomic E-state index is 10.7. The summed E-state index contributed by atoms with van der Waals surface area (Å²) in [5, 5.41) is 2.40. The van der Waals surface area contributed by atoms with Crippen LogP contribution in [0, 0.1) is 0 Å². The number of carbonyl (C=O) groups excluding carboxylic acids is 2. The van der Waals surface area contributed by atoms with E-state index >= 15 is 0 Å². The van der Waals surface area contributed by atoms with E-state index in [9.17, 15) is 9.59 Å². The summed E-state index contributed by atoms with van der Waals surface area (Å²) in [5.74, 6) is -0.203. The van der Waals surface area contributed by atoms with Gasteiger partial charge in [0, 0.05) is 6.42 Å². The van der Waals surface area contributed by atoms with Gasteiger partial charge < -0.3 is 5.32 Å². The molecule has 1 N–H and O–H groups in total. The Hall–Kier alpha value is -1.12. The number of hydrogen-bond acceptors (Lipinski definition) is 2. The van der Waals surface area contributed by atoms with Crippen LogP contribution in [0.5, 0.6) is 0 Å². The second-order valence-corrected chi connectivity index (χ2v) is 1.90. The molecule has 0 aliphatic carbocycles. The lowest BCUT2D eigenvalue weighted by Crippen LogP contribution is -2.32. The van der Waals surface area contributed by atoms with E-state index in [0.717, 1.165) is 0 Å². The van der Waals surface area contributed by atoms with E-state index < -0.39 is 6.04 Å². The van der Waals surface area contributed by atoms with Crippen LogP contribution in [0.2, 0.25) is 0 Å². The molecule has 0 aliphatic rings. The average Bonchev–Trinajstić information content (AvgIpc) is 1.88. The van der Waals surface area contributed by atoms with Crippen LogP contribution in [0.1, 0.15) is 13.3 Å². The van der Waals surface area contributed by atoms with Gasteiger partial charge in [0.1, 0.15) is 0 Å². The second-order valence-electron chi connectivity index (χ2n) is 1.90. The average molecular weight is 140 g/mol. The molecule has 0 aromatic heterocycles. The quantitative estimate of drug-likeness (QED) is 0.566. The Morgan fingerprint density at radius 2 is 2.50 bits per heavy atom. The van der Waals surface area contributed by atoms with Crippen LogP contribution < -0.4 is 5.32 Å². The first-order valence-corrected chi connectivity index (χ1v) is 2.98. The summed E-state index contributed by atoms with van der Waals surface area (Å²) in [7, 11) is 0. The third-order valence-corrected chi connectivity index (χ3v) is 0.884. The van der Waals surface area contributed by atoms with E-state index in [0.29, 0.717) is 0 Å². The highest BCUT2D eigenvalue weighted by atomic mass is 16.2. The highest BCUT2D eigenvalue weighted by Gasteiger charge is 2.03. The predicted octanol–water partition coefficient (Wildman–Crippen LogP) is 0.177. The Kier molecular flexibility index (Phi) is 4.20. The molecule has 0 bridgehead atoms. The zero-order valence-electron chi connectivity index (χ0n) is 5.89. The van der Waals surface area contributed by atoms with Gasteiger partial charge in [-0.2, -0.15) is 0 Å². The minimum absolute atomic E-state index is 0.203. The normalized spacial score (nSPS) is 11.7. The van der Waals surface area contributed by atoms with Gasteiger partial charge in [0.25, 0.3) is 0 Å². The van der Waals surface area contributed by atoms with Crippen molar-refractivity contribution in [2.24, 2.45) is 0 Å². The number of amides is 1. The van der Waals surface area contributed by atoms with Gasteiger partial charge in [-0.15, -0.1) is 6.58 Å². The molecule has 1 radical (unpaired) electrons. The van der Waals surface area contributed by atoms with Crippen molar-refractivity contribution in [3.8, 4) is 0 Å². The van der Waals surface area contributed by atoms with E-state index in [-0.39, 0.29) is 12.3 Å². The largest absolute Gasteiger partial charge is 0.346 e. The molecule has 0 aromatic carbocycles. The van der Waals surface area contributed by atoms with Crippen molar-refractivity contribution < 1.29 is 9.59 Å². The Morgan fingerprint density at radius 3 is 2.90 bits per heavy atom. The lowest BCUT2D eigenvalue weighted by molar-refractivity contribution is -0.120. The van der Waals surface area contributed by atoms with E-state index in [1.807, 2.05) is 0 Å². The first-order valence-electron chi connectivity index (χ1n) is 2.98. The van der Waals surface area contributed by atoms with Gasteiger partial charge in [0.05, 0.1) is 6.04 Å². The predicted molar refractivity (Wildman–Crippen MR) is 38.1 cm³/mol. The van der Waals surface area contributed by atoms with Crippen molar-refractivity contribution in [2.45, 2.75) is 19.4 Å². The molecule has 55 valence electrons. The number of hydrogen-bond donors (Lipinski definition) is 1. The lowest BCUT2D eigenvalue weighted by atomic mass is 10.3. The molecule has 0 fully saturated rings. The zero-order chi connectivity index (χ0) is 7.98. The first kappa shape index (κ1) is 8.88.